The van der Waals surface area contributed by atoms with Gasteiger partial charge in [-0.05, 0) is 56.4 Å². The lowest BCUT2D eigenvalue weighted by Gasteiger charge is -2.21. The number of amides is 1. The lowest BCUT2D eigenvalue weighted by molar-refractivity contribution is 0.102. The first-order chi connectivity index (χ1) is 15.4. The van der Waals surface area contributed by atoms with Gasteiger partial charge >= 0.3 is 0 Å². The van der Waals surface area contributed by atoms with Gasteiger partial charge in [-0.2, -0.15) is 12.8 Å². The summed E-state index contributed by atoms with van der Waals surface area (Å²) in [4.78, 5) is 13.0. The number of fused-ring (bicyclic) bond motifs is 1. The molecule has 0 unspecified atom stereocenters. The Balaban J connectivity index is 1.70. The minimum absolute atomic E-state index is 0.164. The number of nitrogens with zero attached hydrogens (tertiary/aromatic N) is 1. The molecule has 5 nitrogen and oxygen atoms in total. The van der Waals surface area contributed by atoms with Crippen LogP contribution in [0.3, 0.4) is 0 Å². The normalized spacial score (nSPS) is 15.6. The number of aryl methyl sites for hydroxylation is 1. The van der Waals surface area contributed by atoms with E-state index in [1.807, 2.05) is 44.2 Å². The van der Waals surface area contributed by atoms with Crippen LogP contribution in [0, 0.1) is 12.8 Å². The molecule has 0 radical (unpaired) electrons. The van der Waals surface area contributed by atoms with E-state index in [2.05, 4.69) is 9.71 Å². The molecule has 0 saturated heterocycles. The Morgan fingerprint density at radius 2 is 1.56 bits per heavy atom. The third-order valence-electron chi connectivity index (χ3n) is 6.26. The van der Waals surface area contributed by atoms with Gasteiger partial charge < -0.3 is 5.32 Å². The third-order valence-corrected chi connectivity index (χ3v) is 7.70. The summed E-state index contributed by atoms with van der Waals surface area (Å²) in [5, 5.41) is 4.16. The summed E-state index contributed by atoms with van der Waals surface area (Å²) in [6, 6.07) is 17.8. The maximum atomic E-state index is 13.2. The second kappa shape index (κ2) is 9.25. The van der Waals surface area contributed by atoms with E-state index in [1.165, 1.54) is 6.42 Å². The number of anilines is 1. The standard InChI is InChI=1S/C26H28N2O3S/c1-18-10-6-7-13-21(18)26(29)27-24-16-17-25(23-15-9-8-14-22(23)24)32(30,31)28-19(2)20-11-4-3-5-12-20/h6-10,13-17,20H,3-5,11-12H2,1-2H3,(H,27,29). The van der Waals surface area contributed by atoms with Crippen LogP contribution in [-0.2, 0) is 10.0 Å². The zero-order chi connectivity index (χ0) is 22.7. The molecule has 1 N–H and O–H groups in total. The Kier molecular flexibility index (Phi) is 6.42. The van der Waals surface area contributed by atoms with E-state index in [1.54, 1.807) is 30.3 Å². The van der Waals surface area contributed by atoms with Crippen molar-refractivity contribution in [1.29, 1.82) is 0 Å². The topological polar surface area (TPSA) is 75.6 Å². The minimum Gasteiger partial charge on any atom is -0.321 e. The molecule has 0 atom stereocenters. The number of benzene rings is 3. The van der Waals surface area contributed by atoms with Crippen molar-refractivity contribution in [2.24, 2.45) is 10.3 Å². The maximum absolute atomic E-state index is 13.2. The van der Waals surface area contributed by atoms with Crippen LogP contribution in [0.4, 0.5) is 5.69 Å². The maximum Gasteiger partial charge on any atom is 0.282 e. The van der Waals surface area contributed by atoms with E-state index >= 15 is 0 Å². The molecule has 4 rings (SSSR count). The molecule has 1 aliphatic carbocycles. The van der Waals surface area contributed by atoms with Gasteiger partial charge in [0, 0.05) is 27.7 Å². The minimum atomic E-state index is -3.86. The van der Waals surface area contributed by atoms with E-state index in [4.69, 9.17) is 0 Å². The first-order valence-corrected chi connectivity index (χ1v) is 12.5. The molecular weight excluding hydrogens is 420 g/mol. The van der Waals surface area contributed by atoms with Gasteiger partial charge in [-0.25, -0.2) is 0 Å². The molecule has 0 bridgehead atoms. The van der Waals surface area contributed by atoms with Crippen LogP contribution in [0.1, 0.15) is 54.9 Å². The van der Waals surface area contributed by atoms with Crippen molar-refractivity contribution in [3.63, 3.8) is 0 Å². The zero-order valence-electron chi connectivity index (χ0n) is 18.5. The van der Waals surface area contributed by atoms with Gasteiger partial charge in [0.25, 0.3) is 15.9 Å². The summed E-state index contributed by atoms with van der Waals surface area (Å²) in [7, 11) is -3.86. The van der Waals surface area contributed by atoms with Crippen molar-refractivity contribution in [1.82, 2.24) is 0 Å². The van der Waals surface area contributed by atoms with Crippen LogP contribution in [-0.4, -0.2) is 20.0 Å². The molecule has 3 aromatic carbocycles. The van der Waals surface area contributed by atoms with Crippen LogP contribution in [0.2, 0.25) is 0 Å². The van der Waals surface area contributed by atoms with Gasteiger partial charge in [0.1, 0.15) is 0 Å². The monoisotopic (exact) mass is 448 g/mol. The van der Waals surface area contributed by atoms with E-state index in [-0.39, 0.29) is 16.7 Å². The molecule has 3 aromatic rings. The molecule has 6 heteroatoms. The fourth-order valence-electron chi connectivity index (χ4n) is 4.46. The average molecular weight is 449 g/mol. The predicted octanol–water partition coefficient (Wildman–Crippen LogP) is 6.13. The van der Waals surface area contributed by atoms with E-state index < -0.39 is 10.0 Å². The molecular formula is C26H28N2O3S. The highest BCUT2D eigenvalue weighted by molar-refractivity contribution is 7.90. The predicted molar refractivity (Wildman–Crippen MR) is 130 cm³/mol. The molecule has 0 aliphatic heterocycles. The summed E-state index contributed by atoms with van der Waals surface area (Å²) in [6.45, 7) is 3.71. The van der Waals surface area contributed by atoms with Gasteiger partial charge in [-0.3, -0.25) is 4.79 Å². The molecule has 166 valence electrons. The summed E-state index contributed by atoms with van der Waals surface area (Å²) in [6.07, 6.45) is 5.44. The number of hydrogen-bond acceptors (Lipinski definition) is 3. The van der Waals surface area contributed by atoms with Crippen molar-refractivity contribution < 1.29 is 13.2 Å². The van der Waals surface area contributed by atoms with Gasteiger partial charge in [0.2, 0.25) is 0 Å². The summed E-state index contributed by atoms with van der Waals surface area (Å²) in [5.74, 6) is 0.00693. The van der Waals surface area contributed by atoms with Crippen LogP contribution < -0.4 is 5.32 Å². The Bertz CT molecular complexity index is 1290. The van der Waals surface area contributed by atoms with Gasteiger partial charge in [-0.1, -0.05) is 61.7 Å². The Morgan fingerprint density at radius 3 is 2.28 bits per heavy atom. The number of hydrogen-bond donors (Lipinski definition) is 1. The van der Waals surface area contributed by atoms with Crippen molar-refractivity contribution >= 4 is 38.1 Å². The lowest BCUT2D eigenvalue weighted by Crippen LogP contribution is -2.17. The van der Waals surface area contributed by atoms with Crippen LogP contribution in [0.5, 0.6) is 0 Å². The fourth-order valence-corrected chi connectivity index (χ4v) is 5.78. The van der Waals surface area contributed by atoms with Crippen molar-refractivity contribution in [2.45, 2.75) is 50.8 Å². The first kappa shape index (κ1) is 22.2. The second-order valence-corrected chi connectivity index (χ2v) is 10.0. The van der Waals surface area contributed by atoms with E-state index in [0.717, 1.165) is 31.2 Å². The summed E-state index contributed by atoms with van der Waals surface area (Å²) >= 11 is 0. The zero-order valence-corrected chi connectivity index (χ0v) is 19.3. The molecule has 1 aliphatic rings. The Labute approximate surface area is 189 Å². The molecule has 0 aromatic heterocycles. The summed E-state index contributed by atoms with van der Waals surface area (Å²) < 4.78 is 30.7. The highest BCUT2D eigenvalue weighted by atomic mass is 32.2. The third kappa shape index (κ3) is 4.60. The Morgan fingerprint density at radius 1 is 0.906 bits per heavy atom. The summed E-state index contributed by atoms with van der Waals surface area (Å²) in [5.41, 5.74) is 2.72. The Hall–Kier alpha value is -2.99. The quantitative estimate of drug-likeness (QED) is 0.477. The number of rotatable bonds is 5. The fraction of sp³-hybridized carbons (Fsp3) is 0.308. The van der Waals surface area contributed by atoms with Gasteiger partial charge in [-0.15, -0.1) is 0 Å². The molecule has 1 fully saturated rings. The lowest BCUT2D eigenvalue weighted by atomic mass is 9.86. The smallest absolute Gasteiger partial charge is 0.282 e. The number of carbonyl (C=O) groups is 1. The number of carbonyl (C=O) groups excluding carboxylic acids is 1. The van der Waals surface area contributed by atoms with Gasteiger partial charge in [0.15, 0.2) is 0 Å². The molecule has 1 amide bonds. The largest absolute Gasteiger partial charge is 0.321 e. The SMILES string of the molecule is CC(=NS(=O)(=O)c1ccc(NC(=O)c2ccccc2C)c2ccccc12)C1CCCCC1. The highest BCUT2D eigenvalue weighted by Crippen LogP contribution is 2.32. The van der Waals surface area contributed by atoms with Gasteiger partial charge in [0.05, 0.1) is 4.90 Å². The second-order valence-electron chi connectivity index (χ2n) is 8.47. The van der Waals surface area contributed by atoms with Crippen molar-refractivity contribution in [2.75, 3.05) is 5.32 Å². The molecule has 1 saturated carbocycles. The first-order valence-electron chi connectivity index (χ1n) is 11.1. The average Bonchev–Trinajstić information content (AvgIpc) is 2.79. The van der Waals surface area contributed by atoms with E-state index in [9.17, 15) is 13.2 Å². The highest BCUT2D eigenvalue weighted by Gasteiger charge is 2.22. The van der Waals surface area contributed by atoms with Crippen molar-refractivity contribution in [3.8, 4) is 0 Å². The van der Waals surface area contributed by atoms with E-state index in [0.29, 0.717) is 27.7 Å². The van der Waals surface area contributed by atoms with Crippen molar-refractivity contribution in [3.05, 3.63) is 71.8 Å². The molecule has 0 spiro atoms. The number of nitrogens with one attached hydrogen (secondary N) is 1. The molecule has 32 heavy (non-hydrogen) atoms. The van der Waals surface area contributed by atoms with Crippen LogP contribution in [0.15, 0.2) is 70.0 Å². The number of sulfonamides is 1. The van der Waals surface area contributed by atoms with Crippen LogP contribution in [0.25, 0.3) is 10.8 Å². The molecule has 0 heterocycles. The van der Waals surface area contributed by atoms with Crippen LogP contribution >= 0.6 is 0 Å².